The highest BCUT2D eigenvalue weighted by molar-refractivity contribution is 5.03. The summed E-state index contributed by atoms with van der Waals surface area (Å²) in [6, 6.07) is 6.10. The molecule has 0 aromatic carbocycles. The van der Waals surface area contributed by atoms with Crippen LogP contribution in [-0.4, -0.2) is 36.1 Å². The van der Waals surface area contributed by atoms with Gasteiger partial charge in [-0.2, -0.15) is 0 Å². The molecule has 0 spiro atoms. The van der Waals surface area contributed by atoms with Gasteiger partial charge in [-0.3, -0.25) is 4.98 Å². The zero-order valence-corrected chi connectivity index (χ0v) is 10.2. The minimum absolute atomic E-state index is 0.782. The molecule has 0 aliphatic rings. The van der Waals surface area contributed by atoms with Crippen molar-refractivity contribution in [2.45, 2.75) is 26.2 Å². The highest BCUT2D eigenvalue weighted by Crippen LogP contribution is 1.99. The number of hydrogen-bond donors (Lipinski definition) is 1. The first-order chi connectivity index (χ1) is 7.86. The minimum Gasteiger partial charge on any atom is -0.330 e. The molecule has 0 radical (unpaired) electrons. The second-order valence-corrected chi connectivity index (χ2v) is 4.05. The SMILES string of the molecule is CCCN(CCCN)CCc1ccccn1. The Kier molecular flexibility index (Phi) is 6.77. The predicted octanol–water partition coefficient (Wildman–Crippen LogP) is 1.68. The summed E-state index contributed by atoms with van der Waals surface area (Å²) in [6.07, 6.45) is 5.18. The molecule has 90 valence electrons. The molecular formula is C13H23N3. The molecular weight excluding hydrogens is 198 g/mol. The number of aromatic nitrogens is 1. The first-order valence-electron chi connectivity index (χ1n) is 6.19. The van der Waals surface area contributed by atoms with Gasteiger partial charge in [0.15, 0.2) is 0 Å². The van der Waals surface area contributed by atoms with Gasteiger partial charge in [0, 0.05) is 24.9 Å². The Morgan fingerprint density at radius 1 is 1.25 bits per heavy atom. The normalized spacial score (nSPS) is 10.9. The third-order valence-electron chi connectivity index (χ3n) is 2.63. The van der Waals surface area contributed by atoms with E-state index in [1.807, 2.05) is 18.3 Å². The number of nitrogens with zero attached hydrogens (tertiary/aromatic N) is 2. The zero-order valence-electron chi connectivity index (χ0n) is 10.2. The maximum absolute atomic E-state index is 5.54. The second kappa shape index (κ2) is 8.25. The lowest BCUT2D eigenvalue weighted by Crippen LogP contribution is -2.29. The average Bonchev–Trinajstić information content (AvgIpc) is 2.34. The van der Waals surface area contributed by atoms with E-state index >= 15 is 0 Å². The summed E-state index contributed by atoms with van der Waals surface area (Å²) in [5.74, 6) is 0. The Balaban J connectivity index is 2.31. The molecule has 2 N–H and O–H groups in total. The van der Waals surface area contributed by atoms with Crippen molar-refractivity contribution in [3.05, 3.63) is 30.1 Å². The smallest absolute Gasteiger partial charge is 0.0416 e. The van der Waals surface area contributed by atoms with E-state index in [-0.39, 0.29) is 0 Å². The summed E-state index contributed by atoms with van der Waals surface area (Å²) in [7, 11) is 0. The predicted molar refractivity (Wildman–Crippen MR) is 68.3 cm³/mol. The third-order valence-corrected chi connectivity index (χ3v) is 2.63. The van der Waals surface area contributed by atoms with Gasteiger partial charge in [-0.25, -0.2) is 0 Å². The Morgan fingerprint density at radius 3 is 2.75 bits per heavy atom. The highest BCUT2D eigenvalue weighted by Gasteiger charge is 2.03. The monoisotopic (exact) mass is 221 g/mol. The molecule has 0 saturated heterocycles. The molecule has 1 aromatic heterocycles. The molecule has 0 aliphatic heterocycles. The minimum atomic E-state index is 0.782. The molecule has 1 aromatic rings. The van der Waals surface area contributed by atoms with Gasteiger partial charge in [-0.1, -0.05) is 13.0 Å². The van der Waals surface area contributed by atoms with Crippen molar-refractivity contribution in [2.24, 2.45) is 5.73 Å². The van der Waals surface area contributed by atoms with Gasteiger partial charge in [0.1, 0.15) is 0 Å². The molecule has 0 saturated carbocycles. The zero-order chi connectivity index (χ0) is 11.6. The third kappa shape index (κ3) is 5.24. The topological polar surface area (TPSA) is 42.1 Å². The molecule has 0 unspecified atom stereocenters. The maximum Gasteiger partial charge on any atom is 0.0416 e. The van der Waals surface area contributed by atoms with Gasteiger partial charge in [0.05, 0.1) is 0 Å². The number of pyridine rings is 1. The van der Waals surface area contributed by atoms with Crippen LogP contribution in [0.5, 0.6) is 0 Å². The molecule has 16 heavy (non-hydrogen) atoms. The molecule has 0 bridgehead atoms. The van der Waals surface area contributed by atoms with Crippen LogP contribution in [0.15, 0.2) is 24.4 Å². The van der Waals surface area contributed by atoms with E-state index in [4.69, 9.17) is 5.73 Å². The molecule has 0 fully saturated rings. The molecule has 0 amide bonds. The van der Waals surface area contributed by atoms with Crippen LogP contribution in [-0.2, 0) is 6.42 Å². The van der Waals surface area contributed by atoms with Crippen LogP contribution in [0.3, 0.4) is 0 Å². The van der Waals surface area contributed by atoms with E-state index in [0.717, 1.165) is 39.0 Å². The van der Waals surface area contributed by atoms with Crippen LogP contribution >= 0.6 is 0 Å². The van der Waals surface area contributed by atoms with E-state index < -0.39 is 0 Å². The largest absolute Gasteiger partial charge is 0.330 e. The highest BCUT2D eigenvalue weighted by atomic mass is 15.1. The van der Waals surface area contributed by atoms with Crippen LogP contribution in [0.4, 0.5) is 0 Å². The lowest BCUT2D eigenvalue weighted by Gasteiger charge is -2.20. The van der Waals surface area contributed by atoms with E-state index in [1.54, 1.807) is 0 Å². The van der Waals surface area contributed by atoms with Crippen molar-refractivity contribution in [2.75, 3.05) is 26.2 Å². The van der Waals surface area contributed by atoms with Gasteiger partial charge in [0.25, 0.3) is 0 Å². The Morgan fingerprint density at radius 2 is 2.12 bits per heavy atom. The molecule has 0 atom stereocenters. The van der Waals surface area contributed by atoms with Crippen LogP contribution in [0.25, 0.3) is 0 Å². The summed E-state index contributed by atoms with van der Waals surface area (Å²) in [5.41, 5.74) is 6.72. The van der Waals surface area contributed by atoms with Gasteiger partial charge in [0.2, 0.25) is 0 Å². The fourth-order valence-electron chi connectivity index (χ4n) is 1.79. The fourth-order valence-corrected chi connectivity index (χ4v) is 1.79. The second-order valence-electron chi connectivity index (χ2n) is 4.05. The van der Waals surface area contributed by atoms with Crippen molar-refractivity contribution in [1.82, 2.24) is 9.88 Å². The Hall–Kier alpha value is -0.930. The van der Waals surface area contributed by atoms with Crippen LogP contribution in [0, 0.1) is 0 Å². The van der Waals surface area contributed by atoms with Gasteiger partial charge >= 0.3 is 0 Å². The molecule has 3 heteroatoms. The first kappa shape index (κ1) is 13.1. The Labute approximate surface area is 98.7 Å². The average molecular weight is 221 g/mol. The molecule has 3 nitrogen and oxygen atoms in total. The van der Waals surface area contributed by atoms with E-state index in [1.165, 1.54) is 12.1 Å². The number of hydrogen-bond acceptors (Lipinski definition) is 3. The molecule has 1 heterocycles. The lowest BCUT2D eigenvalue weighted by atomic mass is 10.2. The summed E-state index contributed by atoms with van der Waals surface area (Å²) in [5, 5.41) is 0. The van der Waals surface area contributed by atoms with Crippen LogP contribution in [0.1, 0.15) is 25.5 Å². The first-order valence-corrected chi connectivity index (χ1v) is 6.19. The van der Waals surface area contributed by atoms with Crippen molar-refractivity contribution >= 4 is 0 Å². The van der Waals surface area contributed by atoms with Crippen molar-refractivity contribution < 1.29 is 0 Å². The molecule has 0 aliphatic carbocycles. The van der Waals surface area contributed by atoms with Crippen LogP contribution in [0.2, 0.25) is 0 Å². The van der Waals surface area contributed by atoms with E-state index in [2.05, 4.69) is 22.9 Å². The molecule has 1 rings (SSSR count). The summed E-state index contributed by atoms with van der Waals surface area (Å²) in [6.45, 7) is 6.36. The quantitative estimate of drug-likeness (QED) is 0.726. The van der Waals surface area contributed by atoms with Crippen molar-refractivity contribution in [3.63, 3.8) is 0 Å². The van der Waals surface area contributed by atoms with Crippen molar-refractivity contribution in [1.29, 1.82) is 0 Å². The number of nitrogens with two attached hydrogens (primary N) is 1. The summed E-state index contributed by atoms with van der Waals surface area (Å²) >= 11 is 0. The lowest BCUT2D eigenvalue weighted by molar-refractivity contribution is 0.275. The van der Waals surface area contributed by atoms with Gasteiger partial charge < -0.3 is 10.6 Å². The summed E-state index contributed by atoms with van der Waals surface area (Å²) < 4.78 is 0. The van der Waals surface area contributed by atoms with E-state index in [9.17, 15) is 0 Å². The maximum atomic E-state index is 5.54. The number of rotatable bonds is 8. The van der Waals surface area contributed by atoms with Crippen LogP contribution < -0.4 is 5.73 Å². The Bertz CT molecular complexity index is 261. The fraction of sp³-hybridized carbons (Fsp3) is 0.615. The van der Waals surface area contributed by atoms with Gasteiger partial charge in [-0.05, 0) is 44.6 Å². The van der Waals surface area contributed by atoms with E-state index in [0.29, 0.717) is 0 Å². The standard InChI is InChI=1S/C13H23N3/c1-2-10-16(11-5-8-14)12-7-13-6-3-4-9-15-13/h3-4,6,9H,2,5,7-8,10-12,14H2,1H3. The van der Waals surface area contributed by atoms with Gasteiger partial charge in [-0.15, -0.1) is 0 Å². The van der Waals surface area contributed by atoms with Crippen molar-refractivity contribution in [3.8, 4) is 0 Å². The summed E-state index contributed by atoms with van der Waals surface area (Å²) in [4.78, 5) is 6.81.